The molecule has 0 saturated carbocycles. The second-order valence-electron chi connectivity index (χ2n) is 6.99. The van der Waals surface area contributed by atoms with Gasteiger partial charge in [-0.05, 0) is 12.1 Å². The van der Waals surface area contributed by atoms with Gasteiger partial charge in [0.25, 0.3) is 11.8 Å². The third kappa shape index (κ3) is 4.54. The van der Waals surface area contributed by atoms with Crippen LogP contribution in [-0.2, 0) is 33.3 Å². The summed E-state index contributed by atoms with van der Waals surface area (Å²) in [6.07, 6.45) is -3.77. The SMILES string of the molecule is CC(=O)OCC1O[C@@H](Cl)[C@H](N2C(=O)c3ccccc3C2=O)[C@@H](OC(C)=O)[C@@H]1OC(C)=O. The molecule has 31 heavy (non-hydrogen) atoms. The highest BCUT2D eigenvalue weighted by Gasteiger charge is 2.56. The van der Waals surface area contributed by atoms with Crippen molar-refractivity contribution < 1.29 is 42.9 Å². The number of carbonyl (C=O) groups excluding carboxylic acids is 5. The number of esters is 3. The lowest BCUT2D eigenvalue weighted by molar-refractivity contribution is -0.218. The van der Waals surface area contributed by atoms with Crippen molar-refractivity contribution >= 4 is 41.3 Å². The third-order valence-electron chi connectivity index (χ3n) is 4.78. The monoisotopic (exact) mass is 453 g/mol. The number of hydrogen-bond donors (Lipinski definition) is 0. The molecule has 2 heterocycles. The molecule has 166 valence electrons. The quantitative estimate of drug-likeness (QED) is 0.278. The zero-order valence-corrected chi connectivity index (χ0v) is 17.7. The van der Waals surface area contributed by atoms with E-state index in [1.807, 2.05) is 0 Å². The number of ether oxygens (including phenoxy) is 4. The van der Waals surface area contributed by atoms with Gasteiger partial charge in [-0.25, -0.2) is 0 Å². The number of benzene rings is 1. The van der Waals surface area contributed by atoms with Gasteiger partial charge in [-0.15, -0.1) is 0 Å². The van der Waals surface area contributed by atoms with Crippen molar-refractivity contribution in [2.45, 2.75) is 50.7 Å². The van der Waals surface area contributed by atoms with Crippen molar-refractivity contribution in [3.63, 3.8) is 0 Å². The summed E-state index contributed by atoms with van der Waals surface area (Å²) in [5, 5.41) is 0. The molecule has 1 aromatic rings. The molecule has 0 radical (unpaired) electrons. The molecule has 1 unspecified atom stereocenters. The molecule has 3 rings (SSSR count). The Bertz CT molecular complexity index is 898. The second kappa shape index (κ2) is 9.03. The molecule has 1 fully saturated rings. The van der Waals surface area contributed by atoms with Gasteiger partial charge in [-0.3, -0.25) is 28.9 Å². The molecule has 11 heteroatoms. The van der Waals surface area contributed by atoms with Gasteiger partial charge >= 0.3 is 17.9 Å². The van der Waals surface area contributed by atoms with Crippen LogP contribution in [0.3, 0.4) is 0 Å². The highest BCUT2D eigenvalue weighted by atomic mass is 35.5. The average molecular weight is 454 g/mol. The number of amides is 2. The summed E-state index contributed by atoms with van der Waals surface area (Å²) in [6, 6.07) is 4.86. The standard InChI is InChI=1S/C20H20ClNO9/c1-9(23)28-8-14-16(29-10(2)24)17(30-11(3)25)15(18(21)31-14)22-19(26)12-6-4-5-7-13(12)20(22)27/h4-7,14-18H,8H2,1-3H3/t14?,15-,16-,17-,18-/m1/s1. The third-order valence-corrected chi connectivity index (χ3v) is 5.14. The van der Waals surface area contributed by atoms with Crippen LogP contribution < -0.4 is 0 Å². The van der Waals surface area contributed by atoms with Crippen molar-refractivity contribution in [1.82, 2.24) is 4.90 Å². The lowest BCUT2D eigenvalue weighted by Crippen LogP contribution is -2.65. The predicted octanol–water partition coefficient (Wildman–Crippen LogP) is 1.04. The molecule has 0 bridgehead atoms. The maximum atomic E-state index is 13.0. The molecule has 0 aromatic heterocycles. The first-order valence-electron chi connectivity index (χ1n) is 9.36. The van der Waals surface area contributed by atoms with E-state index in [2.05, 4.69) is 0 Å². The van der Waals surface area contributed by atoms with Crippen molar-refractivity contribution in [2.75, 3.05) is 6.61 Å². The van der Waals surface area contributed by atoms with Crippen LogP contribution >= 0.6 is 11.6 Å². The normalized spacial score (nSPS) is 27.5. The Kier molecular flexibility index (Phi) is 6.61. The Morgan fingerprint density at radius 3 is 1.94 bits per heavy atom. The molecule has 0 N–H and O–H groups in total. The van der Waals surface area contributed by atoms with E-state index < -0.39 is 59.6 Å². The molecule has 0 aliphatic carbocycles. The number of rotatable bonds is 5. The fourth-order valence-corrected chi connectivity index (χ4v) is 4.01. The topological polar surface area (TPSA) is 126 Å². The number of nitrogens with zero attached hydrogens (tertiary/aromatic N) is 1. The average Bonchev–Trinajstić information content (AvgIpc) is 2.93. The number of carbonyl (C=O) groups is 5. The summed E-state index contributed by atoms with van der Waals surface area (Å²) in [5.74, 6) is -3.44. The Balaban J connectivity index is 2.01. The fourth-order valence-electron chi connectivity index (χ4n) is 3.62. The highest BCUT2D eigenvalue weighted by Crippen LogP contribution is 2.36. The van der Waals surface area contributed by atoms with Gasteiger partial charge in [0.15, 0.2) is 17.8 Å². The van der Waals surface area contributed by atoms with Crippen LogP contribution in [0.25, 0.3) is 0 Å². The molecule has 5 atom stereocenters. The summed E-state index contributed by atoms with van der Waals surface area (Å²) in [4.78, 5) is 61.6. The minimum atomic E-state index is -1.36. The van der Waals surface area contributed by atoms with E-state index in [4.69, 9.17) is 30.5 Å². The predicted molar refractivity (Wildman–Crippen MR) is 103 cm³/mol. The van der Waals surface area contributed by atoms with Gasteiger partial charge in [0.2, 0.25) is 0 Å². The Labute approximate surface area is 182 Å². The number of hydrogen-bond acceptors (Lipinski definition) is 9. The van der Waals surface area contributed by atoms with Gasteiger partial charge in [0.05, 0.1) is 11.1 Å². The number of halogens is 1. The van der Waals surface area contributed by atoms with Gasteiger partial charge in [0.1, 0.15) is 18.8 Å². The summed E-state index contributed by atoms with van der Waals surface area (Å²) in [7, 11) is 0. The Morgan fingerprint density at radius 1 is 0.935 bits per heavy atom. The maximum Gasteiger partial charge on any atom is 0.303 e. The second-order valence-corrected chi connectivity index (χ2v) is 7.42. The fraction of sp³-hybridized carbons (Fsp3) is 0.450. The van der Waals surface area contributed by atoms with Crippen LogP contribution in [0.1, 0.15) is 41.5 Å². The van der Waals surface area contributed by atoms with E-state index in [0.29, 0.717) is 0 Å². The molecule has 2 aliphatic heterocycles. The van der Waals surface area contributed by atoms with Crippen LogP contribution in [0.4, 0.5) is 0 Å². The first-order chi connectivity index (χ1) is 14.6. The largest absolute Gasteiger partial charge is 0.463 e. The number of imide groups is 1. The van der Waals surface area contributed by atoms with Crippen LogP contribution in [0.15, 0.2) is 24.3 Å². The zero-order chi connectivity index (χ0) is 22.9. The summed E-state index contributed by atoms with van der Waals surface area (Å²) in [5.41, 5.74) is -1.04. The van der Waals surface area contributed by atoms with E-state index in [-0.39, 0.29) is 17.7 Å². The van der Waals surface area contributed by atoms with Crippen molar-refractivity contribution in [3.8, 4) is 0 Å². The van der Waals surface area contributed by atoms with Gasteiger partial charge < -0.3 is 18.9 Å². The molecule has 2 aliphatic rings. The van der Waals surface area contributed by atoms with Gasteiger partial charge in [-0.2, -0.15) is 0 Å². The molecule has 10 nitrogen and oxygen atoms in total. The van der Waals surface area contributed by atoms with E-state index in [1.54, 1.807) is 12.1 Å². The molecule has 1 saturated heterocycles. The van der Waals surface area contributed by atoms with E-state index >= 15 is 0 Å². The Hall–Kier alpha value is -2.98. The first-order valence-corrected chi connectivity index (χ1v) is 9.79. The zero-order valence-electron chi connectivity index (χ0n) is 16.9. The van der Waals surface area contributed by atoms with Crippen molar-refractivity contribution in [1.29, 1.82) is 0 Å². The maximum absolute atomic E-state index is 13.0. The van der Waals surface area contributed by atoms with Gasteiger partial charge in [-0.1, -0.05) is 23.7 Å². The van der Waals surface area contributed by atoms with Crippen LogP contribution in [0.2, 0.25) is 0 Å². The minimum absolute atomic E-state index is 0.156. The molecular formula is C20H20ClNO9. The lowest BCUT2D eigenvalue weighted by atomic mass is 9.96. The summed E-state index contributed by atoms with van der Waals surface area (Å²) < 4.78 is 21.3. The highest BCUT2D eigenvalue weighted by molar-refractivity contribution is 6.24. The first kappa shape index (κ1) is 22.7. The number of fused-ring (bicyclic) bond motifs is 1. The summed E-state index contributed by atoms with van der Waals surface area (Å²) in [6.45, 7) is 3.05. The van der Waals surface area contributed by atoms with Crippen molar-refractivity contribution in [2.24, 2.45) is 0 Å². The Morgan fingerprint density at radius 2 is 1.45 bits per heavy atom. The van der Waals surface area contributed by atoms with E-state index in [0.717, 1.165) is 18.7 Å². The minimum Gasteiger partial charge on any atom is -0.463 e. The van der Waals surface area contributed by atoms with E-state index in [9.17, 15) is 24.0 Å². The number of alkyl halides is 1. The molecule has 1 aromatic carbocycles. The van der Waals surface area contributed by atoms with Crippen LogP contribution in [0.5, 0.6) is 0 Å². The molecule has 2 amide bonds. The summed E-state index contributed by atoms with van der Waals surface area (Å²) >= 11 is 6.39. The van der Waals surface area contributed by atoms with Crippen LogP contribution in [-0.4, -0.2) is 71.1 Å². The van der Waals surface area contributed by atoms with Gasteiger partial charge in [0, 0.05) is 20.8 Å². The van der Waals surface area contributed by atoms with Crippen LogP contribution in [0, 0.1) is 0 Å². The smallest absolute Gasteiger partial charge is 0.303 e. The molecule has 0 spiro atoms. The molecular weight excluding hydrogens is 434 g/mol. The van der Waals surface area contributed by atoms with Crippen molar-refractivity contribution in [3.05, 3.63) is 35.4 Å². The lowest BCUT2D eigenvalue weighted by Gasteiger charge is -2.45. The van der Waals surface area contributed by atoms with E-state index in [1.165, 1.54) is 19.1 Å².